The third kappa shape index (κ3) is 1.57. The Balaban J connectivity index is 2.08. The molecular formula is C7H9IN2S. The molecule has 0 bridgehead atoms. The molecule has 1 heterocycles. The number of nitrogens with zero attached hydrogens (tertiary/aromatic N) is 1. The topological polar surface area (TPSA) is 38.9 Å². The SMILES string of the molecule is NCC1CC1c1ncc(I)s1. The van der Waals surface area contributed by atoms with Gasteiger partial charge in [0, 0.05) is 5.92 Å². The van der Waals surface area contributed by atoms with Gasteiger partial charge in [0.25, 0.3) is 0 Å². The van der Waals surface area contributed by atoms with Crippen LogP contribution in [0.25, 0.3) is 0 Å². The van der Waals surface area contributed by atoms with Gasteiger partial charge < -0.3 is 5.73 Å². The van der Waals surface area contributed by atoms with Crippen molar-refractivity contribution in [1.82, 2.24) is 4.98 Å². The van der Waals surface area contributed by atoms with Crippen molar-refractivity contribution >= 4 is 33.9 Å². The highest BCUT2D eigenvalue weighted by atomic mass is 127. The van der Waals surface area contributed by atoms with Crippen LogP contribution in [-0.4, -0.2) is 11.5 Å². The summed E-state index contributed by atoms with van der Waals surface area (Å²) in [6.07, 6.45) is 3.19. The van der Waals surface area contributed by atoms with E-state index in [-0.39, 0.29) is 0 Å². The second kappa shape index (κ2) is 2.99. The van der Waals surface area contributed by atoms with Crippen LogP contribution in [0.15, 0.2) is 6.20 Å². The van der Waals surface area contributed by atoms with Crippen LogP contribution >= 0.6 is 33.9 Å². The van der Waals surface area contributed by atoms with E-state index in [9.17, 15) is 0 Å². The highest BCUT2D eigenvalue weighted by Crippen LogP contribution is 2.47. The Hall–Kier alpha value is 0.320. The molecule has 2 atom stereocenters. The van der Waals surface area contributed by atoms with Crippen LogP contribution in [-0.2, 0) is 0 Å². The molecule has 2 nitrogen and oxygen atoms in total. The number of thiazole rings is 1. The van der Waals surface area contributed by atoms with Crippen molar-refractivity contribution in [2.45, 2.75) is 12.3 Å². The molecule has 1 saturated carbocycles. The number of hydrogen-bond donors (Lipinski definition) is 1. The lowest BCUT2D eigenvalue weighted by Crippen LogP contribution is -2.01. The predicted molar refractivity (Wildman–Crippen MR) is 54.7 cm³/mol. The van der Waals surface area contributed by atoms with E-state index < -0.39 is 0 Å². The van der Waals surface area contributed by atoms with Crippen molar-refractivity contribution in [3.8, 4) is 0 Å². The zero-order chi connectivity index (χ0) is 7.84. The largest absolute Gasteiger partial charge is 0.330 e. The first kappa shape index (κ1) is 7.94. The molecule has 1 aliphatic carbocycles. The van der Waals surface area contributed by atoms with Crippen LogP contribution in [0, 0.1) is 8.80 Å². The Morgan fingerprint density at radius 3 is 3.09 bits per heavy atom. The minimum atomic E-state index is 0.688. The molecule has 0 amide bonds. The standard InChI is InChI=1S/C7H9IN2S/c8-6-3-10-7(11-6)5-1-4(5)2-9/h3-5H,1-2,9H2. The lowest BCUT2D eigenvalue weighted by Gasteiger charge is -1.88. The minimum Gasteiger partial charge on any atom is -0.330 e. The van der Waals surface area contributed by atoms with E-state index in [0.29, 0.717) is 5.92 Å². The van der Waals surface area contributed by atoms with E-state index >= 15 is 0 Å². The van der Waals surface area contributed by atoms with Crippen molar-refractivity contribution in [2.75, 3.05) is 6.54 Å². The number of aromatic nitrogens is 1. The van der Waals surface area contributed by atoms with Crippen LogP contribution in [0.5, 0.6) is 0 Å². The normalized spacial score (nSPS) is 28.9. The fourth-order valence-electron chi connectivity index (χ4n) is 1.25. The van der Waals surface area contributed by atoms with Gasteiger partial charge >= 0.3 is 0 Å². The van der Waals surface area contributed by atoms with E-state index in [1.54, 1.807) is 11.3 Å². The first-order valence-corrected chi connectivity index (χ1v) is 5.52. The van der Waals surface area contributed by atoms with Crippen LogP contribution in [0.2, 0.25) is 0 Å². The maximum atomic E-state index is 5.54. The second-order valence-electron chi connectivity index (χ2n) is 2.84. The molecule has 0 spiro atoms. The minimum absolute atomic E-state index is 0.688. The fraction of sp³-hybridized carbons (Fsp3) is 0.571. The second-order valence-corrected chi connectivity index (χ2v) is 5.80. The van der Waals surface area contributed by atoms with Gasteiger partial charge in [-0.2, -0.15) is 0 Å². The quantitative estimate of drug-likeness (QED) is 0.839. The average molecular weight is 280 g/mol. The third-order valence-electron chi connectivity index (χ3n) is 2.04. The van der Waals surface area contributed by atoms with Gasteiger partial charge in [-0.25, -0.2) is 4.98 Å². The fourth-order valence-corrected chi connectivity index (χ4v) is 2.92. The van der Waals surface area contributed by atoms with Crippen molar-refractivity contribution in [3.63, 3.8) is 0 Å². The Bertz CT molecular complexity index is 261. The summed E-state index contributed by atoms with van der Waals surface area (Å²) in [7, 11) is 0. The van der Waals surface area contributed by atoms with Crippen molar-refractivity contribution in [1.29, 1.82) is 0 Å². The Kier molecular flexibility index (Phi) is 2.16. The Morgan fingerprint density at radius 2 is 2.64 bits per heavy atom. The highest BCUT2D eigenvalue weighted by molar-refractivity contribution is 14.1. The molecule has 1 aliphatic rings. The molecule has 0 aliphatic heterocycles. The molecule has 0 saturated heterocycles. The summed E-state index contributed by atoms with van der Waals surface area (Å²) in [6.45, 7) is 0.820. The van der Waals surface area contributed by atoms with Gasteiger partial charge in [0.15, 0.2) is 0 Å². The monoisotopic (exact) mass is 280 g/mol. The maximum Gasteiger partial charge on any atom is 0.0970 e. The summed E-state index contributed by atoms with van der Waals surface area (Å²) in [5, 5.41) is 1.28. The number of halogens is 1. The van der Waals surface area contributed by atoms with Crippen LogP contribution in [0.3, 0.4) is 0 Å². The zero-order valence-electron chi connectivity index (χ0n) is 5.96. The first-order valence-electron chi connectivity index (χ1n) is 3.62. The molecule has 0 radical (unpaired) electrons. The predicted octanol–water partition coefficient (Wildman–Crippen LogP) is 1.81. The molecule has 2 rings (SSSR count). The number of nitrogens with two attached hydrogens (primary N) is 1. The summed E-state index contributed by atoms with van der Waals surface area (Å²) in [6, 6.07) is 0. The zero-order valence-corrected chi connectivity index (χ0v) is 8.93. The smallest absolute Gasteiger partial charge is 0.0970 e. The molecule has 4 heteroatoms. The summed E-state index contributed by atoms with van der Waals surface area (Å²) in [5.41, 5.74) is 5.54. The molecule has 1 aromatic rings. The van der Waals surface area contributed by atoms with E-state index in [1.165, 1.54) is 14.3 Å². The Labute approximate surface area is 83.3 Å². The van der Waals surface area contributed by atoms with Crippen LogP contribution in [0.1, 0.15) is 17.3 Å². The number of hydrogen-bond acceptors (Lipinski definition) is 3. The van der Waals surface area contributed by atoms with Gasteiger partial charge in [0.2, 0.25) is 0 Å². The summed E-state index contributed by atoms with van der Waals surface area (Å²) in [5.74, 6) is 1.41. The van der Waals surface area contributed by atoms with Crippen LogP contribution < -0.4 is 5.73 Å². The van der Waals surface area contributed by atoms with E-state index in [4.69, 9.17) is 5.73 Å². The van der Waals surface area contributed by atoms with Gasteiger partial charge in [-0.3, -0.25) is 0 Å². The first-order chi connectivity index (χ1) is 5.31. The summed E-state index contributed by atoms with van der Waals surface area (Å²) in [4.78, 5) is 4.33. The maximum absolute atomic E-state index is 5.54. The molecule has 11 heavy (non-hydrogen) atoms. The molecule has 1 aromatic heterocycles. The molecule has 2 unspecified atom stereocenters. The molecule has 1 fully saturated rings. The average Bonchev–Trinajstić information content (AvgIpc) is 2.68. The van der Waals surface area contributed by atoms with Crippen molar-refractivity contribution < 1.29 is 0 Å². The molecule has 2 N–H and O–H groups in total. The van der Waals surface area contributed by atoms with E-state index in [0.717, 1.165) is 12.5 Å². The van der Waals surface area contributed by atoms with Gasteiger partial charge in [0.05, 0.1) is 14.1 Å². The highest BCUT2D eigenvalue weighted by Gasteiger charge is 2.39. The van der Waals surface area contributed by atoms with Crippen LogP contribution in [0.4, 0.5) is 0 Å². The van der Waals surface area contributed by atoms with E-state index in [1.807, 2.05) is 6.20 Å². The van der Waals surface area contributed by atoms with Crippen molar-refractivity contribution in [3.05, 3.63) is 14.1 Å². The molecular weight excluding hydrogens is 271 g/mol. The van der Waals surface area contributed by atoms with Gasteiger partial charge in [-0.05, 0) is 41.5 Å². The van der Waals surface area contributed by atoms with Gasteiger partial charge in [0.1, 0.15) is 0 Å². The molecule has 60 valence electrons. The summed E-state index contributed by atoms with van der Waals surface area (Å²) >= 11 is 4.10. The molecule has 0 aromatic carbocycles. The Morgan fingerprint density at radius 1 is 1.82 bits per heavy atom. The number of rotatable bonds is 2. The lowest BCUT2D eigenvalue weighted by molar-refractivity contribution is 0.806. The van der Waals surface area contributed by atoms with Gasteiger partial charge in [-0.15, -0.1) is 11.3 Å². The van der Waals surface area contributed by atoms with Gasteiger partial charge in [-0.1, -0.05) is 0 Å². The van der Waals surface area contributed by atoms with E-state index in [2.05, 4.69) is 27.6 Å². The third-order valence-corrected chi connectivity index (χ3v) is 3.89. The van der Waals surface area contributed by atoms with Crippen molar-refractivity contribution in [2.24, 2.45) is 11.7 Å². The lowest BCUT2D eigenvalue weighted by atomic mass is 10.3. The summed E-state index contributed by atoms with van der Waals surface area (Å²) < 4.78 is 1.28.